The Bertz CT molecular complexity index is 1080. The number of ether oxygens (including phenoxy) is 1. The summed E-state index contributed by atoms with van der Waals surface area (Å²) in [7, 11) is -3.67. The summed E-state index contributed by atoms with van der Waals surface area (Å²) in [6.45, 7) is 7.36. The summed E-state index contributed by atoms with van der Waals surface area (Å²) >= 11 is 6.00. The number of anilines is 1. The first-order chi connectivity index (χ1) is 13.9. The first kappa shape index (κ1) is 22.4. The predicted molar refractivity (Wildman–Crippen MR) is 120 cm³/mol. The van der Waals surface area contributed by atoms with Crippen LogP contribution in [-0.2, 0) is 14.8 Å². The number of benzene rings is 2. The highest BCUT2D eigenvalue weighted by Gasteiger charge is 2.35. The molecule has 1 atom stereocenters. The van der Waals surface area contributed by atoms with Crippen molar-refractivity contribution in [3.05, 3.63) is 58.1 Å². The van der Waals surface area contributed by atoms with Gasteiger partial charge in [0.25, 0.3) is 0 Å². The molecule has 0 spiro atoms. The SMILES string of the molecule is Cc1ccc2c(c1)C(NC(=O)CN(c1ccc(Cl)cc1C)S(C)(=O)=O)CC(C)(C)O2. The molecular formula is C22H27ClN2O4S. The van der Waals surface area contributed by atoms with E-state index in [2.05, 4.69) is 5.32 Å². The molecule has 0 saturated heterocycles. The lowest BCUT2D eigenvalue weighted by molar-refractivity contribution is -0.120. The van der Waals surface area contributed by atoms with Crippen molar-refractivity contribution in [2.75, 3.05) is 17.1 Å². The van der Waals surface area contributed by atoms with Gasteiger partial charge in [0.1, 0.15) is 17.9 Å². The van der Waals surface area contributed by atoms with Crippen molar-refractivity contribution in [1.29, 1.82) is 0 Å². The summed E-state index contributed by atoms with van der Waals surface area (Å²) in [6.07, 6.45) is 1.67. The highest BCUT2D eigenvalue weighted by atomic mass is 35.5. The van der Waals surface area contributed by atoms with Gasteiger partial charge in [-0.25, -0.2) is 8.42 Å². The van der Waals surface area contributed by atoms with E-state index in [9.17, 15) is 13.2 Å². The van der Waals surface area contributed by atoms with Crippen LogP contribution in [0.15, 0.2) is 36.4 Å². The summed E-state index contributed by atoms with van der Waals surface area (Å²) in [5, 5.41) is 3.52. The van der Waals surface area contributed by atoms with Gasteiger partial charge in [-0.05, 0) is 57.5 Å². The highest BCUT2D eigenvalue weighted by molar-refractivity contribution is 7.92. The average molecular weight is 451 g/mol. The number of sulfonamides is 1. The smallest absolute Gasteiger partial charge is 0.241 e. The molecule has 0 bridgehead atoms. The van der Waals surface area contributed by atoms with E-state index in [1.165, 1.54) is 0 Å². The van der Waals surface area contributed by atoms with Crippen molar-refractivity contribution in [2.24, 2.45) is 0 Å². The summed E-state index contributed by atoms with van der Waals surface area (Å²) in [6, 6.07) is 10.5. The van der Waals surface area contributed by atoms with Gasteiger partial charge in [0.15, 0.2) is 0 Å². The van der Waals surface area contributed by atoms with Crippen molar-refractivity contribution in [1.82, 2.24) is 5.32 Å². The molecule has 162 valence electrons. The third-order valence-corrected chi connectivity index (χ3v) is 6.43. The first-order valence-corrected chi connectivity index (χ1v) is 11.9. The maximum absolute atomic E-state index is 12.9. The van der Waals surface area contributed by atoms with Crippen LogP contribution in [0.4, 0.5) is 5.69 Å². The molecule has 2 aromatic rings. The van der Waals surface area contributed by atoms with Crippen molar-refractivity contribution in [3.63, 3.8) is 0 Å². The van der Waals surface area contributed by atoms with Crippen LogP contribution >= 0.6 is 11.6 Å². The average Bonchev–Trinajstić information content (AvgIpc) is 2.59. The largest absolute Gasteiger partial charge is 0.487 e. The summed E-state index contributed by atoms with van der Waals surface area (Å²) in [5.41, 5.74) is 2.61. The number of aryl methyl sites for hydroxylation is 2. The van der Waals surface area contributed by atoms with Gasteiger partial charge < -0.3 is 10.1 Å². The number of rotatable bonds is 5. The number of carbonyl (C=O) groups is 1. The van der Waals surface area contributed by atoms with Crippen LogP contribution in [-0.4, -0.2) is 32.7 Å². The van der Waals surface area contributed by atoms with Crippen molar-refractivity contribution < 1.29 is 17.9 Å². The fourth-order valence-electron chi connectivity index (χ4n) is 3.75. The molecule has 1 N–H and O–H groups in total. The van der Waals surface area contributed by atoms with E-state index in [1.807, 2.05) is 39.0 Å². The van der Waals surface area contributed by atoms with Gasteiger partial charge in [-0.1, -0.05) is 29.3 Å². The van der Waals surface area contributed by atoms with E-state index in [-0.39, 0.29) is 18.5 Å². The molecule has 0 aromatic heterocycles. The lowest BCUT2D eigenvalue weighted by atomic mass is 9.89. The second kappa shape index (κ2) is 8.12. The van der Waals surface area contributed by atoms with Crippen LogP contribution in [0.2, 0.25) is 5.02 Å². The third kappa shape index (κ3) is 5.08. The zero-order chi connectivity index (χ0) is 22.3. The zero-order valence-electron chi connectivity index (χ0n) is 17.8. The molecule has 1 aliphatic heterocycles. The van der Waals surface area contributed by atoms with E-state index in [4.69, 9.17) is 16.3 Å². The van der Waals surface area contributed by atoms with Gasteiger partial charge in [-0.15, -0.1) is 0 Å². The van der Waals surface area contributed by atoms with Crippen LogP contribution in [0, 0.1) is 13.8 Å². The molecule has 0 saturated carbocycles. The maximum Gasteiger partial charge on any atom is 0.241 e. The number of halogens is 1. The zero-order valence-corrected chi connectivity index (χ0v) is 19.4. The number of hydrogen-bond donors (Lipinski definition) is 1. The predicted octanol–water partition coefficient (Wildman–Crippen LogP) is 4.14. The van der Waals surface area contributed by atoms with E-state index in [0.717, 1.165) is 27.4 Å². The molecule has 6 nitrogen and oxygen atoms in total. The Morgan fingerprint density at radius 2 is 1.93 bits per heavy atom. The number of hydrogen-bond acceptors (Lipinski definition) is 4. The molecule has 0 radical (unpaired) electrons. The molecule has 1 amide bonds. The van der Waals surface area contributed by atoms with Gasteiger partial charge in [0.2, 0.25) is 15.9 Å². The van der Waals surface area contributed by atoms with Gasteiger partial charge in [0, 0.05) is 17.0 Å². The molecule has 3 rings (SSSR count). The molecule has 1 aliphatic rings. The third-order valence-electron chi connectivity index (χ3n) is 5.07. The Morgan fingerprint density at radius 3 is 2.57 bits per heavy atom. The van der Waals surface area contributed by atoms with Crippen LogP contribution in [0.25, 0.3) is 0 Å². The summed E-state index contributed by atoms with van der Waals surface area (Å²) < 4.78 is 32.0. The molecule has 30 heavy (non-hydrogen) atoms. The van der Waals surface area contributed by atoms with Crippen LogP contribution in [0.1, 0.15) is 43.0 Å². The monoisotopic (exact) mass is 450 g/mol. The van der Waals surface area contributed by atoms with Gasteiger partial charge in [-0.3, -0.25) is 9.10 Å². The summed E-state index contributed by atoms with van der Waals surface area (Å²) in [4.78, 5) is 12.9. The Hall–Kier alpha value is -2.25. The molecule has 0 aliphatic carbocycles. The number of carbonyl (C=O) groups excluding carboxylic acids is 1. The van der Waals surface area contributed by atoms with E-state index in [1.54, 1.807) is 25.1 Å². The molecule has 1 heterocycles. The fourth-order valence-corrected chi connectivity index (χ4v) is 4.89. The Kier molecular flexibility index (Phi) is 6.07. The van der Waals surface area contributed by atoms with Crippen molar-refractivity contribution in [2.45, 2.75) is 45.8 Å². The van der Waals surface area contributed by atoms with Gasteiger partial charge >= 0.3 is 0 Å². The molecule has 8 heteroatoms. The van der Waals surface area contributed by atoms with Crippen LogP contribution in [0.3, 0.4) is 0 Å². The second-order valence-corrected chi connectivity index (χ2v) is 10.8. The van der Waals surface area contributed by atoms with Gasteiger partial charge in [0.05, 0.1) is 18.0 Å². The molecule has 2 aromatic carbocycles. The quantitative estimate of drug-likeness (QED) is 0.742. The molecular weight excluding hydrogens is 424 g/mol. The van der Waals surface area contributed by atoms with Crippen LogP contribution < -0.4 is 14.4 Å². The van der Waals surface area contributed by atoms with Crippen molar-refractivity contribution >= 4 is 33.2 Å². The van der Waals surface area contributed by atoms with Crippen LogP contribution in [0.5, 0.6) is 5.75 Å². The topological polar surface area (TPSA) is 75.7 Å². The highest BCUT2D eigenvalue weighted by Crippen LogP contribution is 2.40. The lowest BCUT2D eigenvalue weighted by Crippen LogP contribution is -2.45. The first-order valence-electron chi connectivity index (χ1n) is 9.68. The standard InChI is InChI=1S/C22H27ClN2O4S/c1-14-6-9-20-17(10-14)18(12-22(3,4)29-20)24-21(26)13-25(30(5,27)28)19-8-7-16(23)11-15(19)2/h6-11,18H,12-13H2,1-5H3,(H,24,26). The van der Waals surface area contributed by atoms with E-state index < -0.39 is 15.6 Å². The minimum absolute atomic E-state index is 0.274. The van der Waals surface area contributed by atoms with Gasteiger partial charge in [-0.2, -0.15) is 0 Å². The Labute approximate surface area is 183 Å². The number of nitrogens with zero attached hydrogens (tertiary/aromatic N) is 1. The normalized spacial score (nSPS) is 17.6. The minimum Gasteiger partial charge on any atom is -0.487 e. The van der Waals surface area contributed by atoms with E-state index in [0.29, 0.717) is 22.7 Å². The number of amides is 1. The van der Waals surface area contributed by atoms with E-state index >= 15 is 0 Å². The second-order valence-electron chi connectivity index (χ2n) is 8.43. The number of fused-ring (bicyclic) bond motifs is 1. The fraction of sp³-hybridized carbons (Fsp3) is 0.409. The summed E-state index contributed by atoms with van der Waals surface area (Å²) in [5.74, 6) is 0.348. The maximum atomic E-state index is 12.9. The molecule has 1 unspecified atom stereocenters. The number of nitrogens with one attached hydrogen (secondary N) is 1. The lowest BCUT2D eigenvalue weighted by Gasteiger charge is -2.38. The Morgan fingerprint density at radius 1 is 1.23 bits per heavy atom. The Balaban J connectivity index is 1.87. The minimum atomic E-state index is -3.67. The molecule has 0 fully saturated rings. The van der Waals surface area contributed by atoms with Crippen molar-refractivity contribution in [3.8, 4) is 5.75 Å².